The zero-order chi connectivity index (χ0) is 13.5. The Morgan fingerprint density at radius 1 is 1.39 bits per heavy atom. The maximum absolute atomic E-state index is 11.7. The van der Waals surface area contributed by atoms with Crippen LogP contribution in [-0.2, 0) is 4.79 Å². The quantitative estimate of drug-likeness (QED) is 0.790. The molecule has 0 unspecified atom stereocenters. The second-order valence-electron chi connectivity index (χ2n) is 3.98. The molecule has 2 N–H and O–H groups in total. The van der Waals surface area contributed by atoms with E-state index in [1.807, 2.05) is 0 Å². The van der Waals surface area contributed by atoms with Crippen molar-refractivity contribution in [2.75, 3.05) is 33.0 Å². The van der Waals surface area contributed by atoms with Gasteiger partial charge in [0.15, 0.2) is 0 Å². The van der Waals surface area contributed by atoms with Crippen LogP contribution in [0.5, 0.6) is 0 Å². The summed E-state index contributed by atoms with van der Waals surface area (Å²) < 4.78 is 0. The van der Waals surface area contributed by atoms with E-state index in [9.17, 15) is 9.59 Å². The van der Waals surface area contributed by atoms with Gasteiger partial charge in [0, 0.05) is 46.0 Å². The number of anilines is 1. The van der Waals surface area contributed by atoms with Gasteiger partial charge >= 0.3 is 0 Å². The summed E-state index contributed by atoms with van der Waals surface area (Å²) in [6.07, 6.45) is 1.95. The fraction of sp³-hybridized carbons (Fsp3) is 0.417. The molecule has 1 aromatic rings. The highest BCUT2D eigenvalue weighted by Gasteiger charge is 2.09. The van der Waals surface area contributed by atoms with Gasteiger partial charge in [-0.3, -0.25) is 14.6 Å². The Bertz CT molecular complexity index is 432. The second kappa shape index (κ2) is 6.58. The van der Waals surface area contributed by atoms with Crippen molar-refractivity contribution < 1.29 is 9.59 Å². The molecular formula is C12H18N4O2. The van der Waals surface area contributed by atoms with Crippen LogP contribution in [0.3, 0.4) is 0 Å². The van der Waals surface area contributed by atoms with E-state index >= 15 is 0 Å². The average Bonchev–Trinajstić information content (AvgIpc) is 2.37. The van der Waals surface area contributed by atoms with E-state index in [1.54, 1.807) is 39.5 Å². The third-order valence-electron chi connectivity index (χ3n) is 2.35. The molecule has 0 saturated carbocycles. The molecule has 0 aliphatic heterocycles. The Kier molecular flexibility index (Phi) is 5.10. The predicted molar refractivity (Wildman–Crippen MR) is 69.4 cm³/mol. The lowest BCUT2D eigenvalue weighted by molar-refractivity contribution is -0.120. The number of hydrogen-bond donors (Lipinski definition) is 2. The van der Waals surface area contributed by atoms with E-state index in [4.69, 9.17) is 0 Å². The summed E-state index contributed by atoms with van der Waals surface area (Å²) >= 11 is 0. The number of pyridine rings is 1. The van der Waals surface area contributed by atoms with Crippen molar-refractivity contribution in [2.45, 2.75) is 6.42 Å². The van der Waals surface area contributed by atoms with E-state index in [0.29, 0.717) is 18.7 Å². The van der Waals surface area contributed by atoms with Gasteiger partial charge in [0.25, 0.3) is 5.91 Å². The van der Waals surface area contributed by atoms with Gasteiger partial charge in [-0.15, -0.1) is 0 Å². The van der Waals surface area contributed by atoms with Gasteiger partial charge in [-0.1, -0.05) is 0 Å². The molecule has 2 amide bonds. The van der Waals surface area contributed by atoms with E-state index in [0.717, 1.165) is 5.69 Å². The van der Waals surface area contributed by atoms with Crippen LogP contribution in [0.2, 0.25) is 0 Å². The molecule has 0 bridgehead atoms. The zero-order valence-electron chi connectivity index (χ0n) is 10.9. The van der Waals surface area contributed by atoms with E-state index in [-0.39, 0.29) is 11.8 Å². The molecule has 18 heavy (non-hydrogen) atoms. The number of nitrogens with one attached hydrogen (secondary N) is 2. The first-order valence-corrected chi connectivity index (χ1v) is 5.66. The fourth-order valence-electron chi connectivity index (χ4n) is 1.33. The molecule has 1 heterocycles. The molecule has 6 heteroatoms. The third kappa shape index (κ3) is 4.04. The summed E-state index contributed by atoms with van der Waals surface area (Å²) in [7, 11) is 4.95. The molecule has 0 aliphatic carbocycles. The molecule has 0 aliphatic rings. The first-order valence-electron chi connectivity index (χ1n) is 5.66. The second-order valence-corrected chi connectivity index (χ2v) is 3.98. The number of rotatable bonds is 5. The lowest BCUT2D eigenvalue weighted by Gasteiger charge is -2.11. The van der Waals surface area contributed by atoms with Gasteiger partial charge in [0.2, 0.25) is 5.91 Å². The zero-order valence-corrected chi connectivity index (χ0v) is 10.9. The summed E-state index contributed by atoms with van der Waals surface area (Å²) in [5, 5.41) is 5.62. The molecule has 1 rings (SSSR count). The van der Waals surface area contributed by atoms with Crippen molar-refractivity contribution in [1.29, 1.82) is 0 Å². The molecule has 0 atom stereocenters. The van der Waals surface area contributed by atoms with Crippen LogP contribution in [0.25, 0.3) is 0 Å². The van der Waals surface area contributed by atoms with Gasteiger partial charge in [-0.2, -0.15) is 0 Å². The molecule has 0 saturated heterocycles. The van der Waals surface area contributed by atoms with Crippen LogP contribution < -0.4 is 10.6 Å². The van der Waals surface area contributed by atoms with E-state index in [1.165, 1.54) is 4.90 Å². The third-order valence-corrected chi connectivity index (χ3v) is 2.35. The van der Waals surface area contributed by atoms with Crippen LogP contribution in [0.15, 0.2) is 18.3 Å². The van der Waals surface area contributed by atoms with Crippen molar-refractivity contribution in [1.82, 2.24) is 15.2 Å². The monoisotopic (exact) mass is 250 g/mol. The highest BCUT2D eigenvalue weighted by Crippen LogP contribution is 2.09. The Balaban J connectivity index is 2.60. The maximum atomic E-state index is 11.7. The van der Waals surface area contributed by atoms with Gasteiger partial charge in [-0.05, 0) is 12.1 Å². The molecular weight excluding hydrogens is 232 g/mol. The van der Waals surface area contributed by atoms with Gasteiger partial charge < -0.3 is 15.5 Å². The summed E-state index contributed by atoms with van der Waals surface area (Å²) in [4.78, 5) is 28.2. The minimum absolute atomic E-state index is 0.0267. The fourth-order valence-corrected chi connectivity index (χ4v) is 1.33. The van der Waals surface area contributed by atoms with Gasteiger partial charge in [0.1, 0.15) is 5.69 Å². The summed E-state index contributed by atoms with van der Waals surface area (Å²) in [5.74, 6) is -0.175. The highest BCUT2D eigenvalue weighted by molar-refractivity contribution is 5.92. The van der Waals surface area contributed by atoms with Crippen LogP contribution in [0, 0.1) is 0 Å². The van der Waals surface area contributed by atoms with Crippen molar-refractivity contribution in [3.63, 3.8) is 0 Å². The first-order chi connectivity index (χ1) is 8.54. The van der Waals surface area contributed by atoms with E-state index < -0.39 is 0 Å². The lowest BCUT2D eigenvalue weighted by Crippen LogP contribution is -2.23. The summed E-state index contributed by atoms with van der Waals surface area (Å²) in [6, 6.07) is 3.43. The first kappa shape index (κ1) is 14.0. The number of carbonyl (C=O) groups excluding carboxylic acids is 2. The Labute approximate surface area is 106 Å². The van der Waals surface area contributed by atoms with Crippen LogP contribution >= 0.6 is 0 Å². The van der Waals surface area contributed by atoms with Crippen LogP contribution in [0.1, 0.15) is 16.9 Å². The van der Waals surface area contributed by atoms with Crippen molar-refractivity contribution in [2.24, 2.45) is 0 Å². The molecule has 98 valence electrons. The number of nitrogens with zero attached hydrogens (tertiary/aromatic N) is 2. The Morgan fingerprint density at radius 2 is 2.11 bits per heavy atom. The molecule has 0 fully saturated rings. The topological polar surface area (TPSA) is 74.3 Å². The van der Waals surface area contributed by atoms with Crippen molar-refractivity contribution >= 4 is 17.5 Å². The SMILES string of the molecule is CNC(=O)CCNc1ccnc(C(=O)N(C)C)c1. The van der Waals surface area contributed by atoms with E-state index in [2.05, 4.69) is 15.6 Å². The lowest BCUT2D eigenvalue weighted by atomic mass is 10.3. The highest BCUT2D eigenvalue weighted by atomic mass is 16.2. The standard InChI is InChI=1S/C12H18N4O2/c1-13-11(17)5-7-14-9-4-6-15-10(8-9)12(18)16(2)3/h4,6,8H,5,7H2,1-3H3,(H,13,17)(H,14,15). The van der Waals surface area contributed by atoms with Gasteiger partial charge in [-0.25, -0.2) is 0 Å². The molecule has 6 nitrogen and oxygen atoms in total. The minimum Gasteiger partial charge on any atom is -0.384 e. The summed E-state index contributed by atoms with van der Waals surface area (Å²) in [6.45, 7) is 0.513. The van der Waals surface area contributed by atoms with Crippen LogP contribution in [0.4, 0.5) is 5.69 Å². The van der Waals surface area contributed by atoms with Crippen LogP contribution in [-0.4, -0.2) is 49.4 Å². The van der Waals surface area contributed by atoms with Crippen molar-refractivity contribution in [3.8, 4) is 0 Å². The molecule has 0 radical (unpaired) electrons. The Morgan fingerprint density at radius 3 is 2.72 bits per heavy atom. The molecule has 0 spiro atoms. The Hall–Kier alpha value is -2.11. The average molecular weight is 250 g/mol. The van der Waals surface area contributed by atoms with Gasteiger partial charge in [0.05, 0.1) is 0 Å². The maximum Gasteiger partial charge on any atom is 0.272 e. The number of aromatic nitrogens is 1. The largest absolute Gasteiger partial charge is 0.384 e. The predicted octanol–water partition coefficient (Wildman–Crippen LogP) is 0.331. The minimum atomic E-state index is -0.148. The molecule has 1 aromatic heterocycles. The number of hydrogen-bond acceptors (Lipinski definition) is 4. The normalized spacial score (nSPS) is 9.72. The number of amides is 2. The molecule has 0 aromatic carbocycles. The summed E-state index contributed by atoms with van der Waals surface area (Å²) in [5.41, 5.74) is 1.16. The van der Waals surface area contributed by atoms with Crippen molar-refractivity contribution in [3.05, 3.63) is 24.0 Å². The smallest absolute Gasteiger partial charge is 0.272 e. The number of carbonyl (C=O) groups is 2.